The minimum atomic E-state index is 0.0997. The zero-order valence-electron chi connectivity index (χ0n) is 14.1. The zero-order valence-corrected chi connectivity index (χ0v) is 14.1. The molecule has 0 saturated heterocycles. The molecule has 0 aliphatic rings. The van der Waals surface area contributed by atoms with Gasteiger partial charge >= 0.3 is 0 Å². The Hall–Kier alpha value is -0.790. The first kappa shape index (κ1) is 16.3. The summed E-state index contributed by atoms with van der Waals surface area (Å²) in [5.41, 5.74) is 2.87. The van der Waals surface area contributed by atoms with Gasteiger partial charge in [-0.15, -0.1) is 0 Å². The molecule has 1 aromatic heterocycles. The summed E-state index contributed by atoms with van der Waals surface area (Å²) in [6.07, 6.45) is 3.73. The van der Waals surface area contributed by atoms with Crippen molar-refractivity contribution in [1.29, 1.82) is 0 Å². The molecule has 0 atom stereocenters. The van der Waals surface area contributed by atoms with Crippen LogP contribution in [0.4, 0.5) is 0 Å². The van der Waals surface area contributed by atoms with E-state index in [0.29, 0.717) is 5.92 Å². The van der Waals surface area contributed by atoms with E-state index >= 15 is 0 Å². The number of nitrogens with one attached hydrogen (secondary N) is 1. The van der Waals surface area contributed by atoms with Crippen molar-refractivity contribution in [2.24, 2.45) is 0 Å². The molecule has 1 aromatic rings. The van der Waals surface area contributed by atoms with Crippen LogP contribution in [0.25, 0.3) is 0 Å². The van der Waals surface area contributed by atoms with Crippen molar-refractivity contribution in [1.82, 2.24) is 9.97 Å². The molecule has 1 rings (SSSR count). The van der Waals surface area contributed by atoms with Gasteiger partial charge in [0.1, 0.15) is 5.82 Å². The maximum Gasteiger partial charge on any atom is 0.109 e. The molecule has 110 valence electrons. The predicted octanol–water partition coefficient (Wildman–Crippen LogP) is 5.30. The standard InChI is InChI=1S/C17H32N2/c1-9-10-11-17(7,8)14-13(16(4,5)6)18-15(19-14)12(2)3/h12H,9-11H2,1-8H3,(H,18,19). The van der Waals surface area contributed by atoms with E-state index in [2.05, 4.69) is 60.4 Å². The smallest absolute Gasteiger partial charge is 0.109 e. The first-order valence-corrected chi connectivity index (χ1v) is 7.70. The third-order valence-electron chi connectivity index (χ3n) is 3.81. The molecule has 0 saturated carbocycles. The second-order valence-electron chi connectivity index (χ2n) is 7.74. The lowest BCUT2D eigenvalue weighted by Gasteiger charge is -2.28. The fourth-order valence-electron chi connectivity index (χ4n) is 2.44. The van der Waals surface area contributed by atoms with E-state index in [1.165, 1.54) is 30.7 Å². The van der Waals surface area contributed by atoms with Crippen molar-refractivity contribution >= 4 is 0 Å². The highest BCUT2D eigenvalue weighted by atomic mass is 15.0. The van der Waals surface area contributed by atoms with Crippen molar-refractivity contribution in [3.63, 3.8) is 0 Å². The third kappa shape index (κ3) is 3.84. The number of unbranched alkanes of at least 4 members (excludes halogenated alkanes) is 1. The molecule has 0 bridgehead atoms. The van der Waals surface area contributed by atoms with Crippen LogP contribution >= 0.6 is 0 Å². The molecule has 0 radical (unpaired) electrons. The highest BCUT2D eigenvalue weighted by Gasteiger charge is 2.32. The quantitative estimate of drug-likeness (QED) is 0.768. The molecular weight excluding hydrogens is 232 g/mol. The van der Waals surface area contributed by atoms with E-state index in [-0.39, 0.29) is 10.8 Å². The van der Waals surface area contributed by atoms with E-state index in [9.17, 15) is 0 Å². The predicted molar refractivity (Wildman–Crippen MR) is 83.9 cm³/mol. The molecule has 0 unspecified atom stereocenters. The normalized spacial score (nSPS) is 13.3. The van der Waals surface area contributed by atoms with Gasteiger partial charge in [0.2, 0.25) is 0 Å². The van der Waals surface area contributed by atoms with Gasteiger partial charge in [0.25, 0.3) is 0 Å². The van der Waals surface area contributed by atoms with Crippen LogP contribution in [0.3, 0.4) is 0 Å². The summed E-state index contributed by atoms with van der Waals surface area (Å²) in [6, 6.07) is 0. The lowest BCUT2D eigenvalue weighted by molar-refractivity contribution is 0.430. The highest BCUT2D eigenvalue weighted by Crippen LogP contribution is 2.36. The Morgan fingerprint density at radius 1 is 1.11 bits per heavy atom. The fourth-order valence-corrected chi connectivity index (χ4v) is 2.44. The Labute approximate surface area is 119 Å². The van der Waals surface area contributed by atoms with Gasteiger partial charge in [-0.1, -0.05) is 68.2 Å². The third-order valence-corrected chi connectivity index (χ3v) is 3.81. The van der Waals surface area contributed by atoms with Gasteiger partial charge in [-0.05, 0) is 6.42 Å². The van der Waals surface area contributed by atoms with E-state index in [4.69, 9.17) is 4.98 Å². The van der Waals surface area contributed by atoms with Crippen LogP contribution in [-0.4, -0.2) is 9.97 Å². The SMILES string of the molecule is CCCCC(C)(C)c1[nH]c(C(C)C)nc1C(C)(C)C. The number of aromatic amines is 1. The minimum Gasteiger partial charge on any atom is -0.345 e. The summed E-state index contributed by atoms with van der Waals surface area (Å²) >= 11 is 0. The summed E-state index contributed by atoms with van der Waals surface area (Å²) in [6.45, 7) is 18.1. The molecule has 1 N–H and O–H groups in total. The minimum absolute atomic E-state index is 0.0997. The van der Waals surface area contributed by atoms with Gasteiger partial charge in [0.05, 0.1) is 5.69 Å². The maximum absolute atomic E-state index is 4.90. The molecule has 0 amide bonds. The van der Waals surface area contributed by atoms with Crippen molar-refractivity contribution in [3.8, 4) is 0 Å². The lowest BCUT2D eigenvalue weighted by atomic mass is 9.78. The summed E-state index contributed by atoms with van der Waals surface area (Å²) in [4.78, 5) is 8.53. The molecule has 2 heteroatoms. The highest BCUT2D eigenvalue weighted by molar-refractivity contribution is 5.29. The van der Waals surface area contributed by atoms with Gasteiger partial charge in [0.15, 0.2) is 0 Å². The number of aromatic nitrogens is 2. The molecule has 0 aliphatic heterocycles. The van der Waals surface area contributed by atoms with Crippen LogP contribution in [0.1, 0.15) is 97.8 Å². The summed E-state index contributed by atoms with van der Waals surface area (Å²) in [5.74, 6) is 1.58. The van der Waals surface area contributed by atoms with Crippen LogP contribution in [0, 0.1) is 0 Å². The summed E-state index contributed by atoms with van der Waals surface area (Å²) < 4.78 is 0. The number of hydrogen-bond donors (Lipinski definition) is 1. The Bertz CT molecular complexity index is 405. The summed E-state index contributed by atoms with van der Waals surface area (Å²) in [7, 11) is 0. The Morgan fingerprint density at radius 3 is 2.11 bits per heavy atom. The number of rotatable bonds is 5. The van der Waals surface area contributed by atoms with Gasteiger partial charge < -0.3 is 4.98 Å². The number of hydrogen-bond acceptors (Lipinski definition) is 1. The molecule has 2 nitrogen and oxygen atoms in total. The first-order chi connectivity index (χ1) is 8.59. The lowest BCUT2D eigenvalue weighted by Crippen LogP contribution is -2.24. The Morgan fingerprint density at radius 2 is 1.68 bits per heavy atom. The molecular formula is C17H32N2. The van der Waals surface area contributed by atoms with Gasteiger partial charge in [-0.25, -0.2) is 4.98 Å². The molecule has 1 heterocycles. The van der Waals surface area contributed by atoms with Crippen molar-refractivity contribution in [2.75, 3.05) is 0 Å². The zero-order chi connectivity index (χ0) is 14.8. The van der Waals surface area contributed by atoms with Gasteiger partial charge in [-0.3, -0.25) is 0 Å². The van der Waals surface area contributed by atoms with Crippen LogP contribution in [-0.2, 0) is 10.8 Å². The number of imidazole rings is 1. The fraction of sp³-hybridized carbons (Fsp3) is 0.824. The first-order valence-electron chi connectivity index (χ1n) is 7.70. The molecule has 0 aliphatic carbocycles. The van der Waals surface area contributed by atoms with E-state index < -0.39 is 0 Å². The number of H-pyrrole nitrogens is 1. The van der Waals surface area contributed by atoms with Gasteiger partial charge in [-0.2, -0.15) is 0 Å². The summed E-state index contributed by atoms with van der Waals surface area (Å²) in [5, 5.41) is 0. The molecule has 0 fully saturated rings. The maximum atomic E-state index is 4.90. The monoisotopic (exact) mass is 264 g/mol. The van der Waals surface area contributed by atoms with E-state index in [1.807, 2.05) is 0 Å². The van der Waals surface area contributed by atoms with Crippen LogP contribution in [0.2, 0.25) is 0 Å². The average Bonchev–Trinajstić information content (AvgIpc) is 2.71. The van der Waals surface area contributed by atoms with Crippen molar-refractivity contribution in [2.45, 2.75) is 91.4 Å². The number of nitrogens with zero attached hydrogens (tertiary/aromatic N) is 1. The van der Waals surface area contributed by atoms with E-state index in [1.54, 1.807) is 0 Å². The second kappa shape index (κ2) is 5.68. The van der Waals surface area contributed by atoms with Gasteiger partial charge in [0, 0.05) is 22.4 Å². The second-order valence-corrected chi connectivity index (χ2v) is 7.74. The molecule has 0 aromatic carbocycles. The van der Waals surface area contributed by atoms with Crippen molar-refractivity contribution < 1.29 is 0 Å². The Balaban J connectivity index is 3.24. The Kier molecular flexibility index (Phi) is 4.86. The van der Waals surface area contributed by atoms with Crippen LogP contribution in [0.5, 0.6) is 0 Å². The average molecular weight is 264 g/mol. The van der Waals surface area contributed by atoms with Crippen LogP contribution in [0.15, 0.2) is 0 Å². The van der Waals surface area contributed by atoms with E-state index in [0.717, 1.165) is 5.82 Å². The van der Waals surface area contributed by atoms with Crippen LogP contribution < -0.4 is 0 Å². The largest absolute Gasteiger partial charge is 0.345 e. The van der Waals surface area contributed by atoms with Crippen molar-refractivity contribution in [3.05, 3.63) is 17.2 Å². The molecule has 0 spiro atoms. The topological polar surface area (TPSA) is 28.7 Å². The molecule has 19 heavy (non-hydrogen) atoms.